The van der Waals surface area contributed by atoms with Crippen molar-refractivity contribution in [3.8, 4) is 0 Å². The second kappa shape index (κ2) is 5.36. The molecule has 2 aromatic rings. The van der Waals surface area contributed by atoms with Gasteiger partial charge < -0.3 is 0 Å². The van der Waals surface area contributed by atoms with Crippen molar-refractivity contribution in [2.75, 3.05) is 0 Å². The number of halogens is 1. The number of aliphatic imine (C=N–C) groups is 1. The number of benzene rings is 2. The summed E-state index contributed by atoms with van der Waals surface area (Å²) in [6.07, 6.45) is 0. The fraction of sp³-hybridized carbons (Fsp3) is 0.188. The largest absolute Gasteiger partial charge is 0.253 e. The minimum Gasteiger partial charge on any atom is -0.253 e. The van der Waals surface area contributed by atoms with Gasteiger partial charge in [-0.1, -0.05) is 41.4 Å². The lowest BCUT2D eigenvalue weighted by Gasteiger charge is -2.06. The van der Waals surface area contributed by atoms with Gasteiger partial charge in [0.25, 0.3) is 0 Å². The molecule has 0 aliphatic carbocycles. The Kier molecular flexibility index (Phi) is 3.83. The van der Waals surface area contributed by atoms with Gasteiger partial charge in [-0.2, -0.15) is 0 Å². The van der Waals surface area contributed by atoms with Gasteiger partial charge in [-0.25, -0.2) is 0 Å². The predicted molar refractivity (Wildman–Crippen MR) is 79.2 cm³/mol. The van der Waals surface area contributed by atoms with Crippen LogP contribution in [0.2, 0.25) is 5.02 Å². The summed E-state index contributed by atoms with van der Waals surface area (Å²) in [6, 6.07) is 14.1. The van der Waals surface area contributed by atoms with Crippen molar-refractivity contribution in [1.82, 2.24) is 0 Å². The molecule has 0 fully saturated rings. The zero-order chi connectivity index (χ0) is 13.1. The predicted octanol–water partition coefficient (Wildman–Crippen LogP) is 5.10. The Bertz CT molecular complexity index is 600. The van der Waals surface area contributed by atoms with E-state index >= 15 is 0 Å². The summed E-state index contributed by atoms with van der Waals surface area (Å²) in [4.78, 5) is 4.66. The first-order chi connectivity index (χ1) is 8.58. The molecule has 2 rings (SSSR count). The van der Waals surface area contributed by atoms with Crippen LogP contribution in [-0.2, 0) is 0 Å². The van der Waals surface area contributed by atoms with E-state index in [-0.39, 0.29) is 0 Å². The highest BCUT2D eigenvalue weighted by Gasteiger charge is 2.05. The number of nitrogens with zero attached hydrogens (tertiary/aromatic N) is 1. The molecule has 0 saturated carbocycles. The smallest absolute Gasteiger partial charge is 0.0662 e. The molecule has 0 saturated heterocycles. The number of aryl methyl sites for hydroxylation is 2. The van der Waals surface area contributed by atoms with Gasteiger partial charge >= 0.3 is 0 Å². The van der Waals surface area contributed by atoms with Crippen LogP contribution in [0.5, 0.6) is 0 Å². The Hall–Kier alpha value is -1.60. The molecule has 0 aliphatic rings. The molecule has 0 radical (unpaired) electrons. The van der Waals surface area contributed by atoms with E-state index in [9.17, 15) is 0 Å². The van der Waals surface area contributed by atoms with Crippen molar-refractivity contribution in [2.45, 2.75) is 20.8 Å². The molecular weight excluding hydrogens is 242 g/mol. The number of hydrogen-bond acceptors (Lipinski definition) is 1. The molecule has 0 amide bonds. The molecular formula is C16H16ClN. The van der Waals surface area contributed by atoms with E-state index in [0.717, 1.165) is 22.0 Å². The molecule has 0 unspecified atom stereocenters. The van der Waals surface area contributed by atoms with E-state index in [2.05, 4.69) is 31.0 Å². The molecule has 0 bridgehead atoms. The van der Waals surface area contributed by atoms with Crippen molar-refractivity contribution in [1.29, 1.82) is 0 Å². The maximum atomic E-state index is 6.22. The highest BCUT2D eigenvalue weighted by atomic mass is 35.5. The monoisotopic (exact) mass is 257 g/mol. The quantitative estimate of drug-likeness (QED) is 0.664. The average molecular weight is 258 g/mol. The maximum absolute atomic E-state index is 6.22. The first-order valence-electron chi connectivity index (χ1n) is 5.95. The molecule has 92 valence electrons. The summed E-state index contributed by atoms with van der Waals surface area (Å²) in [7, 11) is 0. The fourth-order valence-electron chi connectivity index (χ4n) is 1.85. The van der Waals surface area contributed by atoms with Crippen LogP contribution in [0.3, 0.4) is 0 Å². The van der Waals surface area contributed by atoms with Crippen molar-refractivity contribution in [3.05, 3.63) is 64.2 Å². The molecule has 2 heteroatoms. The second-order valence-corrected chi connectivity index (χ2v) is 4.87. The lowest BCUT2D eigenvalue weighted by molar-refractivity contribution is 1.38. The van der Waals surface area contributed by atoms with Gasteiger partial charge in [0, 0.05) is 16.3 Å². The summed E-state index contributed by atoms with van der Waals surface area (Å²) >= 11 is 6.22. The van der Waals surface area contributed by atoms with Crippen LogP contribution < -0.4 is 0 Å². The van der Waals surface area contributed by atoms with Crippen LogP contribution in [0.15, 0.2) is 47.5 Å². The third kappa shape index (κ3) is 2.80. The van der Waals surface area contributed by atoms with Gasteiger partial charge in [0.05, 0.1) is 5.69 Å². The van der Waals surface area contributed by atoms with Crippen LogP contribution in [0.25, 0.3) is 0 Å². The molecule has 2 aromatic carbocycles. The highest BCUT2D eigenvalue weighted by molar-refractivity contribution is 6.34. The number of para-hydroxylation sites is 1. The molecule has 0 aliphatic heterocycles. The highest BCUT2D eigenvalue weighted by Crippen LogP contribution is 2.22. The summed E-state index contributed by atoms with van der Waals surface area (Å²) in [6.45, 7) is 6.11. The van der Waals surface area contributed by atoms with Crippen molar-refractivity contribution in [3.63, 3.8) is 0 Å². The first-order valence-corrected chi connectivity index (χ1v) is 6.33. The van der Waals surface area contributed by atoms with Crippen molar-refractivity contribution in [2.24, 2.45) is 4.99 Å². The minimum atomic E-state index is 0.746. The standard InChI is InChI=1S/C16H16ClN/c1-11-8-9-15(17)14(10-11)13(3)18-16-7-5-4-6-12(16)2/h4-10H,1-3H3. The van der Waals surface area contributed by atoms with Crippen molar-refractivity contribution < 1.29 is 0 Å². The van der Waals surface area contributed by atoms with Crippen molar-refractivity contribution >= 4 is 23.0 Å². The van der Waals surface area contributed by atoms with Gasteiger partial charge in [-0.15, -0.1) is 0 Å². The molecule has 0 spiro atoms. The van der Waals surface area contributed by atoms with Gasteiger partial charge in [-0.05, 0) is 44.5 Å². The normalized spacial score (nSPS) is 11.7. The fourth-order valence-corrected chi connectivity index (χ4v) is 2.10. The van der Waals surface area contributed by atoms with Crippen LogP contribution in [0, 0.1) is 13.8 Å². The Labute approximate surface area is 113 Å². The topological polar surface area (TPSA) is 12.4 Å². The SMILES string of the molecule is CC(=Nc1ccccc1C)c1cc(C)ccc1Cl. The third-order valence-corrected chi connectivity index (χ3v) is 3.24. The summed E-state index contributed by atoms with van der Waals surface area (Å²) in [5.74, 6) is 0. The average Bonchev–Trinajstić information content (AvgIpc) is 2.35. The Morgan fingerprint density at radius 1 is 1.06 bits per heavy atom. The van der Waals surface area contributed by atoms with E-state index in [1.807, 2.05) is 37.3 Å². The third-order valence-electron chi connectivity index (χ3n) is 2.92. The van der Waals surface area contributed by atoms with E-state index < -0.39 is 0 Å². The van der Waals surface area contributed by atoms with E-state index in [1.54, 1.807) is 0 Å². The van der Waals surface area contributed by atoms with Gasteiger partial charge in [-0.3, -0.25) is 4.99 Å². The first kappa shape index (κ1) is 12.8. The summed E-state index contributed by atoms with van der Waals surface area (Å²) in [5.41, 5.74) is 5.29. The van der Waals surface area contributed by atoms with Crippen LogP contribution in [0.4, 0.5) is 5.69 Å². The molecule has 18 heavy (non-hydrogen) atoms. The minimum absolute atomic E-state index is 0.746. The van der Waals surface area contributed by atoms with E-state index in [0.29, 0.717) is 0 Å². The molecule has 0 atom stereocenters. The van der Waals surface area contributed by atoms with Crippen LogP contribution in [-0.4, -0.2) is 5.71 Å². The zero-order valence-corrected chi connectivity index (χ0v) is 11.6. The molecule has 1 nitrogen and oxygen atoms in total. The van der Waals surface area contributed by atoms with E-state index in [1.165, 1.54) is 11.1 Å². The second-order valence-electron chi connectivity index (χ2n) is 4.47. The van der Waals surface area contributed by atoms with Gasteiger partial charge in [0.2, 0.25) is 0 Å². The number of rotatable bonds is 2. The van der Waals surface area contributed by atoms with Gasteiger partial charge in [0.15, 0.2) is 0 Å². The zero-order valence-electron chi connectivity index (χ0n) is 10.9. The Morgan fingerprint density at radius 2 is 1.78 bits per heavy atom. The Morgan fingerprint density at radius 3 is 2.50 bits per heavy atom. The molecule has 0 N–H and O–H groups in total. The number of hydrogen-bond donors (Lipinski definition) is 0. The lowest BCUT2D eigenvalue weighted by atomic mass is 10.1. The molecule has 0 aromatic heterocycles. The van der Waals surface area contributed by atoms with E-state index in [4.69, 9.17) is 11.6 Å². The summed E-state index contributed by atoms with van der Waals surface area (Å²) in [5, 5.41) is 0.746. The Balaban J connectivity index is 2.45. The van der Waals surface area contributed by atoms with Crippen LogP contribution >= 0.6 is 11.6 Å². The molecule has 0 heterocycles. The summed E-state index contributed by atoms with van der Waals surface area (Å²) < 4.78 is 0. The lowest BCUT2D eigenvalue weighted by Crippen LogP contribution is -1.96. The maximum Gasteiger partial charge on any atom is 0.0662 e. The van der Waals surface area contributed by atoms with Crippen LogP contribution in [0.1, 0.15) is 23.6 Å². The van der Waals surface area contributed by atoms with Gasteiger partial charge in [0.1, 0.15) is 0 Å².